The molecule has 1 atom stereocenters. The summed E-state index contributed by atoms with van der Waals surface area (Å²) in [6, 6.07) is 16.5. The third-order valence-electron chi connectivity index (χ3n) is 5.42. The molecule has 1 saturated heterocycles. The van der Waals surface area contributed by atoms with Crippen molar-refractivity contribution in [3.8, 4) is 0 Å². The zero-order valence-corrected chi connectivity index (χ0v) is 17.8. The molecule has 1 aliphatic rings. The van der Waals surface area contributed by atoms with Crippen LogP contribution >= 0.6 is 15.9 Å². The minimum absolute atomic E-state index is 0.0339. The molecule has 4 rings (SSSR count). The summed E-state index contributed by atoms with van der Waals surface area (Å²) >= 11 is 3.54. The summed E-state index contributed by atoms with van der Waals surface area (Å²) in [6.07, 6.45) is 1.08. The summed E-state index contributed by atoms with van der Waals surface area (Å²) in [5.74, 6) is 0.424. The second-order valence-corrected chi connectivity index (χ2v) is 8.52. The molecule has 0 spiro atoms. The molecule has 1 aromatic heterocycles. The fraction of sp³-hybridized carbons (Fsp3) is 0.304. The van der Waals surface area contributed by atoms with Crippen LogP contribution in [0.4, 0.5) is 5.69 Å². The maximum atomic E-state index is 12.8. The largest absolute Gasteiger partial charge is 0.371 e. The number of hydrogen-bond donors (Lipinski definition) is 1. The van der Waals surface area contributed by atoms with Crippen LogP contribution in [0.15, 0.2) is 53.0 Å². The Labute approximate surface area is 174 Å². The third-order valence-corrected chi connectivity index (χ3v) is 5.91. The Morgan fingerprint density at radius 1 is 1.21 bits per heavy atom. The molecule has 0 saturated carbocycles. The predicted molar refractivity (Wildman–Crippen MR) is 118 cm³/mol. The van der Waals surface area contributed by atoms with Gasteiger partial charge in [-0.3, -0.25) is 9.78 Å². The fourth-order valence-corrected chi connectivity index (χ4v) is 4.23. The van der Waals surface area contributed by atoms with Gasteiger partial charge in [0, 0.05) is 35.2 Å². The van der Waals surface area contributed by atoms with Crippen LogP contribution in [-0.2, 0) is 0 Å². The number of nitrogens with zero attached hydrogens (tertiary/aromatic N) is 2. The lowest BCUT2D eigenvalue weighted by Crippen LogP contribution is -2.31. The highest BCUT2D eigenvalue weighted by atomic mass is 79.9. The number of carbonyl (C=O) groups is 1. The van der Waals surface area contributed by atoms with Crippen molar-refractivity contribution in [1.82, 2.24) is 10.3 Å². The first-order valence-electron chi connectivity index (χ1n) is 9.66. The number of aromatic nitrogens is 1. The van der Waals surface area contributed by atoms with Crippen molar-refractivity contribution < 1.29 is 4.79 Å². The van der Waals surface area contributed by atoms with Crippen LogP contribution in [0.5, 0.6) is 0 Å². The molecule has 1 unspecified atom stereocenters. The number of amides is 1. The fourth-order valence-electron chi connectivity index (χ4n) is 3.84. The minimum Gasteiger partial charge on any atom is -0.371 e. The molecule has 1 amide bonds. The van der Waals surface area contributed by atoms with Crippen molar-refractivity contribution in [2.24, 2.45) is 5.92 Å². The lowest BCUT2D eigenvalue weighted by Gasteiger charge is -2.19. The van der Waals surface area contributed by atoms with Gasteiger partial charge in [0.1, 0.15) is 0 Å². The summed E-state index contributed by atoms with van der Waals surface area (Å²) < 4.78 is 1.09. The second-order valence-electron chi connectivity index (χ2n) is 7.61. The van der Waals surface area contributed by atoms with Crippen LogP contribution in [0, 0.1) is 19.8 Å². The highest BCUT2D eigenvalue weighted by Crippen LogP contribution is 2.26. The van der Waals surface area contributed by atoms with E-state index in [2.05, 4.69) is 68.4 Å². The van der Waals surface area contributed by atoms with Crippen molar-refractivity contribution in [3.05, 3.63) is 69.8 Å². The van der Waals surface area contributed by atoms with Gasteiger partial charge in [0.15, 0.2) is 0 Å². The van der Waals surface area contributed by atoms with Crippen molar-refractivity contribution in [2.45, 2.75) is 20.3 Å². The molecule has 4 nitrogen and oxygen atoms in total. The van der Waals surface area contributed by atoms with E-state index in [1.807, 2.05) is 25.1 Å². The average Bonchev–Trinajstić information content (AvgIpc) is 3.14. The molecule has 1 fully saturated rings. The molecule has 0 radical (unpaired) electrons. The molecule has 2 heterocycles. The first-order valence-corrected chi connectivity index (χ1v) is 10.5. The van der Waals surface area contributed by atoms with Crippen LogP contribution in [0.3, 0.4) is 0 Å². The SMILES string of the molecule is Cc1ccc2cc(C(=O)NCC3CCN(c4cccc(Br)c4)C3)c(C)nc2c1. The number of aryl methyl sites for hydroxylation is 2. The van der Waals surface area contributed by atoms with Crippen molar-refractivity contribution in [1.29, 1.82) is 0 Å². The van der Waals surface area contributed by atoms with E-state index in [1.54, 1.807) is 0 Å². The summed E-state index contributed by atoms with van der Waals surface area (Å²) in [7, 11) is 0. The topological polar surface area (TPSA) is 45.2 Å². The third kappa shape index (κ3) is 4.04. The molecule has 144 valence electrons. The van der Waals surface area contributed by atoms with Gasteiger partial charge in [-0.1, -0.05) is 34.1 Å². The van der Waals surface area contributed by atoms with Gasteiger partial charge in [-0.05, 0) is 62.1 Å². The summed E-state index contributed by atoms with van der Waals surface area (Å²) in [5, 5.41) is 4.13. The molecule has 1 N–H and O–H groups in total. The molecule has 3 aromatic rings. The Morgan fingerprint density at radius 2 is 2.07 bits per heavy atom. The number of pyridine rings is 1. The standard InChI is InChI=1S/C23H24BrN3O/c1-15-6-7-18-11-21(16(2)26-22(18)10-15)23(28)25-13-17-8-9-27(14-17)20-5-3-4-19(24)12-20/h3-7,10-12,17H,8-9,13-14H2,1-2H3,(H,25,28). The van der Waals surface area contributed by atoms with Gasteiger partial charge in [-0.15, -0.1) is 0 Å². The Bertz CT molecular complexity index is 1030. The number of rotatable bonds is 4. The smallest absolute Gasteiger partial charge is 0.253 e. The van der Waals surface area contributed by atoms with Crippen LogP contribution in [0.25, 0.3) is 10.9 Å². The van der Waals surface area contributed by atoms with Gasteiger partial charge in [-0.25, -0.2) is 0 Å². The quantitative estimate of drug-likeness (QED) is 0.632. The molecular weight excluding hydrogens is 414 g/mol. The van der Waals surface area contributed by atoms with Crippen molar-refractivity contribution in [3.63, 3.8) is 0 Å². The number of fused-ring (bicyclic) bond motifs is 1. The van der Waals surface area contributed by atoms with Crippen LogP contribution in [0.1, 0.15) is 28.0 Å². The van der Waals surface area contributed by atoms with E-state index in [1.165, 1.54) is 11.3 Å². The molecule has 28 heavy (non-hydrogen) atoms. The maximum Gasteiger partial charge on any atom is 0.253 e. The van der Waals surface area contributed by atoms with E-state index in [0.717, 1.165) is 40.6 Å². The van der Waals surface area contributed by atoms with Gasteiger partial charge in [0.2, 0.25) is 0 Å². The number of anilines is 1. The highest BCUT2D eigenvalue weighted by molar-refractivity contribution is 9.10. The van der Waals surface area contributed by atoms with Crippen molar-refractivity contribution >= 4 is 38.4 Å². The summed E-state index contributed by atoms with van der Waals surface area (Å²) in [4.78, 5) is 19.8. The Kier molecular flexibility index (Phi) is 5.36. The Morgan fingerprint density at radius 3 is 2.89 bits per heavy atom. The van der Waals surface area contributed by atoms with Gasteiger partial charge in [0.05, 0.1) is 16.8 Å². The zero-order valence-electron chi connectivity index (χ0n) is 16.2. The monoisotopic (exact) mass is 437 g/mol. The maximum absolute atomic E-state index is 12.8. The van der Waals surface area contributed by atoms with Crippen LogP contribution < -0.4 is 10.2 Å². The van der Waals surface area contributed by atoms with Crippen LogP contribution in [0.2, 0.25) is 0 Å². The summed E-state index contributed by atoms with van der Waals surface area (Å²) in [5.41, 5.74) is 4.78. The predicted octanol–water partition coefficient (Wildman–Crippen LogP) is 4.87. The molecule has 2 aromatic carbocycles. The minimum atomic E-state index is -0.0339. The molecule has 0 aliphatic carbocycles. The van der Waals surface area contributed by atoms with Crippen molar-refractivity contribution in [2.75, 3.05) is 24.5 Å². The molecule has 1 aliphatic heterocycles. The van der Waals surface area contributed by atoms with Gasteiger partial charge in [-0.2, -0.15) is 0 Å². The number of halogens is 1. The van der Waals surface area contributed by atoms with Crippen LogP contribution in [-0.4, -0.2) is 30.5 Å². The molecular formula is C23H24BrN3O. The van der Waals surface area contributed by atoms with E-state index in [-0.39, 0.29) is 5.91 Å². The number of hydrogen-bond acceptors (Lipinski definition) is 3. The van der Waals surface area contributed by atoms with Gasteiger partial charge >= 0.3 is 0 Å². The van der Waals surface area contributed by atoms with Gasteiger partial charge in [0.25, 0.3) is 5.91 Å². The number of carbonyl (C=O) groups excluding carboxylic acids is 1. The number of nitrogens with one attached hydrogen (secondary N) is 1. The number of benzene rings is 2. The van der Waals surface area contributed by atoms with E-state index >= 15 is 0 Å². The molecule has 0 bridgehead atoms. The zero-order chi connectivity index (χ0) is 19.7. The van der Waals surface area contributed by atoms with E-state index in [0.29, 0.717) is 18.0 Å². The van der Waals surface area contributed by atoms with E-state index < -0.39 is 0 Å². The lowest BCUT2D eigenvalue weighted by molar-refractivity contribution is 0.0947. The second kappa shape index (κ2) is 7.92. The first-order chi connectivity index (χ1) is 13.5. The van der Waals surface area contributed by atoms with E-state index in [4.69, 9.17) is 0 Å². The average molecular weight is 438 g/mol. The first kappa shape index (κ1) is 18.9. The molecule has 5 heteroatoms. The van der Waals surface area contributed by atoms with E-state index in [9.17, 15) is 4.79 Å². The Hall–Kier alpha value is -2.40. The highest BCUT2D eigenvalue weighted by Gasteiger charge is 2.23. The Balaban J connectivity index is 1.40. The lowest BCUT2D eigenvalue weighted by atomic mass is 10.1. The summed E-state index contributed by atoms with van der Waals surface area (Å²) in [6.45, 7) is 6.63. The van der Waals surface area contributed by atoms with Gasteiger partial charge < -0.3 is 10.2 Å². The normalized spacial score (nSPS) is 16.5.